The van der Waals surface area contributed by atoms with E-state index in [1.165, 1.54) is 12.8 Å². The van der Waals surface area contributed by atoms with Crippen molar-refractivity contribution in [2.24, 2.45) is 13.0 Å². The lowest BCUT2D eigenvalue weighted by Gasteiger charge is -2.21. The van der Waals surface area contributed by atoms with Gasteiger partial charge in [-0.2, -0.15) is 5.10 Å². The van der Waals surface area contributed by atoms with Gasteiger partial charge in [0.2, 0.25) is 0 Å². The lowest BCUT2D eigenvalue weighted by atomic mass is 10.0. The summed E-state index contributed by atoms with van der Waals surface area (Å²) in [7, 11) is 3.62. The highest BCUT2D eigenvalue weighted by atomic mass is 16.5. The zero-order valence-electron chi connectivity index (χ0n) is 9.97. The number of ether oxygens (including phenoxy) is 1. The first-order chi connectivity index (χ1) is 7.72. The predicted molar refractivity (Wildman–Crippen MR) is 61.1 cm³/mol. The molecule has 4 nitrogen and oxygen atoms in total. The first-order valence-corrected chi connectivity index (χ1v) is 5.90. The summed E-state index contributed by atoms with van der Waals surface area (Å²) in [6.07, 6.45) is 5.44. The number of aliphatic hydroxyl groups excluding tert-OH is 1. The van der Waals surface area contributed by atoms with Gasteiger partial charge in [0.05, 0.1) is 12.2 Å². The van der Waals surface area contributed by atoms with Crippen LogP contribution in [0.25, 0.3) is 0 Å². The van der Waals surface area contributed by atoms with Crippen LogP contribution in [0.2, 0.25) is 0 Å². The smallest absolute Gasteiger partial charge is 0.0858 e. The van der Waals surface area contributed by atoms with Crippen molar-refractivity contribution in [3.05, 3.63) is 18.0 Å². The SMILES string of the molecule is COC(C(O)CCc1ccnn1C)C1CC1. The molecule has 0 amide bonds. The van der Waals surface area contributed by atoms with Crippen LogP contribution in [0.1, 0.15) is 25.0 Å². The molecule has 1 saturated carbocycles. The molecule has 1 aromatic rings. The summed E-state index contributed by atoms with van der Waals surface area (Å²) in [5.74, 6) is 0.575. The van der Waals surface area contributed by atoms with Crippen LogP contribution in [0.5, 0.6) is 0 Å². The van der Waals surface area contributed by atoms with Crippen LogP contribution < -0.4 is 0 Å². The summed E-state index contributed by atoms with van der Waals surface area (Å²) in [5.41, 5.74) is 1.16. The van der Waals surface area contributed by atoms with Crippen molar-refractivity contribution in [1.29, 1.82) is 0 Å². The number of aromatic nitrogens is 2. The fourth-order valence-corrected chi connectivity index (χ4v) is 2.20. The lowest BCUT2D eigenvalue weighted by molar-refractivity contribution is -0.0278. The number of nitrogens with zero attached hydrogens (tertiary/aromatic N) is 2. The number of hydrogen-bond acceptors (Lipinski definition) is 3. The van der Waals surface area contributed by atoms with E-state index in [9.17, 15) is 5.11 Å². The van der Waals surface area contributed by atoms with Crippen LogP contribution in [0.15, 0.2) is 12.3 Å². The number of aryl methyl sites for hydroxylation is 2. The summed E-state index contributed by atoms with van der Waals surface area (Å²) in [5, 5.41) is 14.2. The Morgan fingerprint density at radius 2 is 2.38 bits per heavy atom. The lowest BCUT2D eigenvalue weighted by Crippen LogP contribution is -2.30. The van der Waals surface area contributed by atoms with Crippen LogP contribution in [0.4, 0.5) is 0 Å². The fourth-order valence-electron chi connectivity index (χ4n) is 2.20. The summed E-state index contributed by atoms with van der Waals surface area (Å²) in [4.78, 5) is 0. The third kappa shape index (κ3) is 2.62. The molecule has 16 heavy (non-hydrogen) atoms. The maximum atomic E-state index is 10.1. The van der Waals surface area contributed by atoms with Gasteiger partial charge in [-0.05, 0) is 37.7 Å². The minimum absolute atomic E-state index is 0.0215. The highest BCUT2D eigenvalue weighted by molar-refractivity contribution is 5.00. The zero-order valence-corrected chi connectivity index (χ0v) is 9.97. The number of methoxy groups -OCH3 is 1. The standard InChI is InChI=1S/C12H20N2O2/c1-14-10(7-8-13-14)5-6-11(15)12(16-2)9-3-4-9/h7-9,11-12,15H,3-6H2,1-2H3. The Bertz CT molecular complexity index is 334. The minimum Gasteiger partial charge on any atom is -0.390 e. The van der Waals surface area contributed by atoms with Crippen molar-refractivity contribution in [1.82, 2.24) is 9.78 Å². The number of hydrogen-bond donors (Lipinski definition) is 1. The molecule has 1 fully saturated rings. The van der Waals surface area contributed by atoms with Gasteiger partial charge >= 0.3 is 0 Å². The summed E-state index contributed by atoms with van der Waals surface area (Å²) < 4.78 is 7.22. The molecule has 0 bridgehead atoms. The quantitative estimate of drug-likeness (QED) is 0.788. The molecule has 2 unspecified atom stereocenters. The van der Waals surface area contributed by atoms with Gasteiger partial charge in [-0.3, -0.25) is 4.68 Å². The first kappa shape index (κ1) is 11.6. The number of rotatable bonds is 6. The molecule has 0 saturated heterocycles. The van der Waals surface area contributed by atoms with Gasteiger partial charge < -0.3 is 9.84 Å². The predicted octanol–water partition coefficient (Wildman–Crippen LogP) is 1.14. The maximum Gasteiger partial charge on any atom is 0.0858 e. The third-order valence-electron chi connectivity index (χ3n) is 3.36. The fraction of sp³-hybridized carbons (Fsp3) is 0.750. The summed E-state index contributed by atoms with van der Waals surface area (Å²) in [6, 6.07) is 1.99. The van der Waals surface area contributed by atoms with E-state index in [1.54, 1.807) is 13.3 Å². The molecular formula is C12H20N2O2. The summed E-state index contributed by atoms with van der Waals surface area (Å²) >= 11 is 0. The monoisotopic (exact) mass is 224 g/mol. The van der Waals surface area contributed by atoms with E-state index in [4.69, 9.17) is 4.74 Å². The van der Waals surface area contributed by atoms with E-state index >= 15 is 0 Å². The molecule has 0 aromatic carbocycles. The van der Waals surface area contributed by atoms with Crippen molar-refractivity contribution in [3.63, 3.8) is 0 Å². The van der Waals surface area contributed by atoms with Crippen LogP contribution >= 0.6 is 0 Å². The molecule has 1 aliphatic carbocycles. The normalized spacial score (nSPS) is 19.7. The molecule has 1 aromatic heterocycles. The van der Waals surface area contributed by atoms with Gasteiger partial charge in [-0.25, -0.2) is 0 Å². The van der Waals surface area contributed by atoms with E-state index in [-0.39, 0.29) is 12.2 Å². The Balaban J connectivity index is 1.82. The van der Waals surface area contributed by atoms with Crippen molar-refractivity contribution in [2.75, 3.05) is 7.11 Å². The Morgan fingerprint density at radius 1 is 1.62 bits per heavy atom. The van der Waals surface area contributed by atoms with E-state index in [0.717, 1.165) is 18.5 Å². The van der Waals surface area contributed by atoms with Gasteiger partial charge in [-0.15, -0.1) is 0 Å². The van der Waals surface area contributed by atoms with E-state index in [1.807, 2.05) is 17.8 Å². The van der Waals surface area contributed by atoms with Crippen LogP contribution in [0, 0.1) is 5.92 Å². The third-order valence-corrected chi connectivity index (χ3v) is 3.36. The largest absolute Gasteiger partial charge is 0.390 e. The molecule has 1 heterocycles. The molecule has 2 rings (SSSR count). The molecule has 4 heteroatoms. The van der Waals surface area contributed by atoms with Gasteiger partial charge in [0.25, 0.3) is 0 Å². The molecular weight excluding hydrogens is 204 g/mol. The van der Waals surface area contributed by atoms with Crippen molar-refractivity contribution in [2.45, 2.75) is 37.9 Å². The Labute approximate surface area is 96.2 Å². The topological polar surface area (TPSA) is 47.3 Å². The molecule has 0 aliphatic heterocycles. The van der Waals surface area contributed by atoms with Crippen LogP contribution in [0.3, 0.4) is 0 Å². The van der Waals surface area contributed by atoms with Gasteiger partial charge in [0, 0.05) is 26.0 Å². The average molecular weight is 224 g/mol. The minimum atomic E-state index is -0.354. The Kier molecular flexibility index (Phi) is 3.61. The molecule has 1 aliphatic rings. The van der Waals surface area contributed by atoms with Gasteiger partial charge in [-0.1, -0.05) is 0 Å². The Hall–Kier alpha value is -0.870. The van der Waals surface area contributed by atoms with E-state index in [2.05, 4.69) is 5.10 Å². The van der Waals surface area contributed by atoms with E-state index in [0.29, 0.717) is 5.92 Å². The maximum absolute atomic E-state index is 10.1. The highest BCUT2D eigenvalue weighted by Crippen LogP contribution is 2.36. The molecule has 1 N–H and O–H groups in total. The van der Waals surface area contributed by atoms with Crippen LogP contribution in [-0.2, 0) is 18.2 Å². The van der Waals surface area contributed by atoms with Gasteiger partial charge in [0.1, 0.15) is 0 Å². The number of aliphatic hydroxyl groups is 1. The Morgan fingerprint density at radius 3 is 2.88 bits per heavy atom. The highest BCUT2D eigenvalue weighted by Gasteiger charge is 2.35. The second-order valence-electron chi connectivity index (χ2n) is 4.59. The zero-order chi connectivity index (χ0) is 11.5. The first-order valence-electron chi connectivity index (χ1n) is 5.90. The average Bonchev–Trinajstić information content (AvgIpc) is 3.01. The summed E-state index contributed by atoms with van der Waals surface area (Å²) in [6.45, 7) is 0. The molecule has 90 valence electrons. The molecule has 0 spiro atoms. The second-order valence-corrected chi connectivity index (χ2v) is 4.59. The second kappa shape index (κ2) is 4.97. The van der Waals surface area contributed by atoms with Crippen molar-refractivity contribution in [3.8, 4) is 0 Å². The van der Waals surface area contributed by atoms with Crippen LogP contribution in [-0.4, -0.2) is 34.2 Å². The van der Waals surface area contributed by atoms with E-state index < -0.39 is 0 Å². The molecule has 2 atom stereocenters. The van der Waals surface area contributed by atoms with Gasteiger partial charge in [0.15, 0.2) is 0 Å². The van der Waals surface area contributed by atoms with Crippen molar-refractivity contribution < 1.29 is 9.84 Å². The molecule has 0 radical (unpaired) electrons. The van der Waals surface area contributed by atoms with Crippen molar-refractivity contribution >= 4 is 0 Å².